The van der Waals surface area contributed by atoms with E-state index in [-0.39, 0.29) is 6.03 Å². The molecule has 0 atom stereocenters. The van der Waals surface area contributed by atoms with Crippen LogP contribution >= 0.6 is 0 Å². The minimum Gasteiger partial charge on any atom is -0.386 e. The average Bonchev–Trinajstić information content (AvgIpc) is 2.10. The second kappa shape index (κ2) is 3.54. The summed E-state index contributed by atoms with van der Waals surface area (Å²) in [5.74, 6) is 0. The summed E-state index contributed by atoms with van der Waals surface area (Å²) in [4.78, 5) is 14.8. The first kappa shape index (κ1) is 10.3. The minimum absolute atomic E-state index is 0.0145. The highest BCUT2D eigenvalue weighted by atomic mass is 16.3. The van der Waals surface area contributed by atoms with Crippen molar-refractivity contribution in [1.82, 2.24) is 9.80 Å². The van der Waals surface area contributed by atoms with E-state index in [2.05, 4.69) is 0 Å². The van der Waals surface area contributed by atoms with Crippen LogP contribution in [0.15, 0.2) is 0 Å². The Bertz CT molecular complexity index is 200. The van der Waals surface area contributed by atoms with Crippen molar-refractivity contribution in [1.29, 1.82) is 0 Å². The van der Waals surface area contributed by atoms with Gasteiger partial charge in [-0.3, -0.25) is 0 Å². The lowest BCUT2D eigenvalue weighted by atomic mass is 9.92. The number of rotatable bonds is 2. The van der Waals surface area contributed by atoms with Crippen molar-refractivity contribution < 1.29 is 9.90 Å². The topological polar surface area (TPSA) is 43.8 Å². The molecule has 0 spiro atoms. The quantitative estimate of drug-likeness (QED) is 0.683. The van der Waals surface area contributed by atoms with Crippen LogP contribution in [-0.2, 0) is 0 Å². The lowest BCUT2D eigenvalue weighted by molar-refractivity contribution is -0.0820. The van der Waals surface area contributed by atoms with E-state index in [0.29, 0.717) is 26.1 Å². The molecule has 1 N–H and O–H groups in total. The van der Waals surface area contributed by atoms with Gasteiger partial charge in [0.15, 0.2) is 0 Å². The van der Waals surface area contributed by atoms with Crippen LogP contribution in [0.5, 0.6) is 0 Å². The van der Waals surface area contributed by atoms with Crippen molar-refractivity contribution in [3.63, 3.8) is 0 Å². The van der Waals surface area contributed by atoms with Gasteiger partial charge in [-0.1, -0.05) is 6.92 Å². The number of aliphatic hydroxyl groups is 1. The molecule has 0 unspecified atom stereocenters. The Morgan fingerprint density at radius 1 is 1.54 bits per heavy atom. The Hall–Kier alpha value is -0.770. The molecule has 1 aliphatic heterocycles. The second-order valence-electron chi connectivity index (χ2n) is 3.73. The number of urea groups is 1. The van der Waals surface area contributed by atoms with Gasteiger partial charge in [-0.2, -0.15) is 0 Å². The maximum atomic E-state index is 11.5. The van der Waals surface area contributed by atoms with Crippen molar-refractivity contribution >= 4 is 6.03 Å². The second-order valence-corrected chi connectivity index (χ2v) is 3.73. The van der Waals surface area contributed by atoms with Crippen LogP contribution < -0.4 is 0 Å². The largest absolute Gasteiger partial charge is 0.386 e. The number of β-amino-alcohol motifs (C(OH)–C–C–N with tert-alkyl or cyclic N) is 1. The van der Waals surface area contributed by atoms with Crippen LogP contribution in [0, 0.1) is 0 Å². The van der Waals surface area contributed by atoms with Crippen molar-refractivity contribution in [2.75, 3.05) is 26.7 Å². The Morgan fingerprint density at radius 3 is 2.46 bits per heavy atom. The molecule has 0 radical (unpaired) electrons. The molecule has 1 saturated heterocycles. The summed E-state index contributed by atoms with van der Waals surface area (Å²) >= 11 is 0. The molecule has 1 aliphatic rings. The molecular formula is C9H18N2O2. The fourth-order valence-electron chi connectivity index (χ4n) is 1.40. The zero-order chi connectivity index (χ0) is 10.1. The molecule has 4 heteroatoms. The first-order chi connectivity index (χ1) is 6.02. The van der Waals surface area contributed by atoms with Gasteiger partial charge in [0.1, 0.15) is 0 Å². The van der Waals surface area contributed by atoms with Gasteiger partial charge in [-0.15, -0.1) is 0 Å². The molecule has 0 aromatic heterocycles. The molecule has 1 heterocycles. The van der Waals surface area contributed by atoms with Crippen LogP contribution in [0.1, 0.15) is 20.3 Å². The molecule has 2 amide bonds. The first-order valence-corrected chi connectivity index (χ1v) is 4.75. The molecular weight excluding hydrogens is 168 g/mol. The summed E-state index contributed by atoms with van der Waals surface area (Å²) in [6.07, 6.45) is 0.715. The van der Waals surface area contributed by atoms with E-state index in [9.17, 15) is 9.90 Å². The first-order valence-electron chi connectivity index (χ1n) is 4.75. The molecule has 4 nitrogen and oxygen atoms in total. The van der Waals surface area contributed by atoms with Crippen LogP contribution in [0.4, 0.5) is 4.79 Å². The molecule has 0 aromatic rings. The number of nitrogens with zero attached hydrogens (tertiary/aromatic N) is 2. The van der Waals surface area contributed by atoms with Gasteiger partial charge in [0.2, 0.25) is 0 Å². The SMILES string of the molecule is CCN(C)C(=O)N1CC(O)(CC)C1. The third kappa shape index (κ3) is 1.94. The van der Waals surface area contributed by atoms with Gasteiger partial charge in [0.05, 0.1) is 18.7 Å². The van der Waals surface area contributed by atoms with Crippen molar-refractivity contribution in [2.24, 2.45) is 0 Å². The Kier molecular flexibility index (Phi) is 2.81. The van der Waals surface area contributed by atoms with Gasteiger partial charge in [0, 0.05) is 13.6 Å². The Labute approximate surface area is 79.1 Å². The van der Waals surface area contributed by atoms with E-state index in [0.717, 1.165) is 0 Å². The van der Waals surface area contributed by atoms with E-state index in [1.54, 1.807) is 16.8 Å². The molecule has 0 saturated carbocycles. The number of likely N-dealkylation sites (tertiary alicyclic amines) is 1. The molecule has 0 aliphatic carbocycles. The van der Waals surface area contributed by atoms with Gasteiger partial charge in [-0.05, 0) is 13.3 Å². The maximum Gasteiger partial charge on any atom is 0.319 e. The molecule has 1 rings (SSSR count). The van der Waals surface area contributed by atoms with E-state index in [4.69, 9.17) is 0 Å². The highest BCUT2D eigenvalue weighted by molar-refractivity contribution is 5.75. The summed E-state index contributed by atoms with van der Waals surface area (Å²) in [5.41, 5.74) is -0.621. The van der Waals surface area contributed by atoms with Gasteiger partial charge < -0.3 is 14.9 Å². The predicted octanol–water partition coefficient (Wildman–Crippen LogP) is 0.515. The zero-order valence-electron chi connectivity index (χ0n) is 8.58. The maximum absolute atomic E-state index is 11.5. The lowest BCUT2D eigenvalue weighted by Crippen LogP contribution is -2.65. The van der Waals surface area contributed by atoms with E-state index in [1.165, 1.54) is 0 Å². The van der Waals surface area contributed by atoms with Crippen LogP contribution in [0.2, 0.25) is 0 Å². The Balaban J connectivity index is 2.39. The highest BCUT2D eigenvalue weighted by Gasteiger charge is 2.42. The lowest BCUT2D eigenvalue weighted by Gasteiger charge is -2.47. The van der Waals surface area contributed by atoms with Crippen molar-refractivity contribution in [3.8, 4) is 0 Å². The number of carbonyl (C=O) groups excluding carboxylic acids is 1. The smallest absolute Gasteiger partial charge is 0.319 e. The third-order valence-electron chi connectivity index (χ3n) is 2.70. The molecule has 76 valence electrons. The summed E-state index contributed by atoms with van der Waals surface area (Å²) in [7, 11) is 1.77. The Morgan fingerprint density at radius 2 is 2.08 bits per heavy atom. The van der Waals surface area contributed by atoms with E-state index < -0.39 is 5.60 Å². The van der Waals surface area contributed by atoms with E-state index in [1.807, 2.05) is 13.8 Å². The minimum atomic E-state index is -0.621. The normalized spacial score (nSPS) is 19.5. The van der Waals surface area contributed by atoms with Gasteiger partial charge in [-0.25, -0.2) is 4.79 Å². The standard InChI is InChI=1S/C9H18N2O2/c1-4-9(13)6-11(7-9)8(12)10(3)5-2/h13H,4-7H2,1-3H3. The monoisotopic (exact) mass is 186 g/mol. The predicted molar refractivity (Wildman–Crippen MR) is 50.5 cm³/mol. The fourth-order valence-corrected chi connectivity index (χ4v) is 1.40. The van der Waals surface area contributed by atoms with E-state index >= 15 is 0 Å². The fraction of sp³-hybridized carbons (Fsp3) is 0.889. The summed E-state index contributed by atoms with van der Waals surface area (Å²) in [6.45, 7) is 5.54. The van der Waals surface area contributed by atoms with Gasteiger partial charge >= 0.3 is 6.03 Å². The molecule has 0 aromatic carbocycles. The van der Waals surface area contributed by atoms with Crippen LogP contribution in [0.3, 0.4) is 0 Å². The third-order valence-corrected chi connectivity index (χ3v) is 2.70. The number of hydrogen-bond donors (Lipinski definition) is 1. The van der Waals surface area contributed by atoms with Crippen LogP contribution in [0.25, 0.3) is 0 Å². The summed E-state index contributed by atoms with van der Waals surface area (Å²) < 4.78 is 0. The zero-order valence-corrected chi connectivity index (χ0v) is 8.58. The van der Waals surface area contributed by atoms with Gasteiger partial charge in [0.25, 0.3) is 0 Å². The summed E-state index contributed by atoms with van der Waals surface area (Å²) in [6, 6.07) is 0.0145. The molecule has 0 bridgehead atoms. The summed E-state index contributed by atoms with van der Waals surface area (Å²) in [5, 5.41) is 9.68. The number of amides is 2. The molecule has 1 fully saturated rings. The van der Waals surface area contributed by atoms with Crippen molar-refractivity contribution in [2.45, 2.75) is 25.9 Å². The highest BCUT2D eigenvalue weighted by Crippen LogP contribution is 2.24. The van der Waals surface area contributed by atoms with Crippen molar-refractivity contribution in [3.05, 3.63) is 0 Å². The number of hydrogen-bond acceptors (Lipinski definition) is 2. The molecule has 13 heavy (non-hydrogen) atoms. The van der Waals surface area contributed by atoms with Crippen LogP contribution in [-0.4, -0.2) is 53.2 Å². The average molecular weight is 186 g/mol. The number of carbonyl (C=O) groups is 1.